The van der Waals surface area contributed by atoms with Crippen molar-refractivity contribution < 1.29 is 14.2 Å². The third-order valence-corrected chi connectivity index (χ3v) is 3.55. The fourth-order valence-corrected chi connectivity index (χ4v) is 2.61. The molecule has 0 aliphatic carbocycles. The maximum absolute atomic E-state index is 5.74. The molecule has 0 saturated carbocycles. The lowest BCUT2D eigenvalue weighted by Crippen LogP contribution is -2.04. The molecule has 1 heterocycles. The molecule has 23 heavy (non-hydrogen) atoms. The van der Waals surface area contributed by atoms with Crippen molar-refractivity contribution >= 4 is 12.2 Å². The van der Waals surface area contributed by atoms with E-state index in [1.807, 2.05) is 44.4 Å². The first-order valence-electron chi connectivity index (χ1n) is 7.88. The van der Waals surface area contributed by atoms with Gasteiger partial charge in [-0.15, -0.1) is 0 Å². The van der Waals surface area contributed by atoms with Gasteiger partial charge in [-0.2, -0.15) is 5.10 Å². The Balaban J connectivity index is 2.62. The van der Waals surface area contributed by atoms with Crippen LogP contribution in [-0.4, -0.2) is 34.6 Å². The van der Waals surface area contributed by atoms with E-state index < -0.39 is 0 Å². The van der Waals surface area contributed by atoms with Crippen LogP contribution in [0.15, 0.2) is 12.1 Å². The fourth-order valence-electron chi connectivity index (χ4n) is 2.35. The zero-order valence-electron chi connectivity index (χ0n) is 14.0. The van der Waals surface area contributed by atoms with Crippen molar-refractivity contribution in [2.45, 2.75) is 34.2 Å². The summed E-state index contributed by atoms with van der Waals surface area (Å²) in [6.45, 7) is 10.2. The summed E-state index contributed by atoms with van der Waals surface area (Å²) in [5.74, 6) is 2.67. The van der Waals surface area contributed by atoms with Crippen molar-refractivity contribution in [2.75, 3.05) is 19.8 Å². The van der Waals surface area contributed by atoms with Gasteiger partial charge >= 0.3 is 0 Å². The number of nitrogens with one attached hydrogen (secondary N) is 1. The summed E-state index contributed by atoms with van der Waals surface area (Å²) in [6, 6.07) is 3.82. The highest BCUT2D eigenvalue weighted by atomic mass is 32.1. The highest BCUT2D eigenvalue weighted by molar-refractivity contribution is 7.71. The highest BCUT2D eigenvalue weighted by Crippen LogP contribution is 2.41. The fraction of sp³-hybridized carbons (Fsp3) is 0.500. The summed E-state index contributed by atoms with van der Waals surface area (Å²) in [5, 5.41) is 7.16. The molecule has 0 aliphatic rings. The topological polar surface area (TPSA) is 61.3 Å². The van der Waals surface area contributed by atoms with Gasteiger partial charge in [0.05, 0.1) is 19.8 Å². The van der Waals surface area contributed by atoms with Crippen LogP contribution in [0.2, 0.25) is 0 Å². The minimum Gasteiger partial charge on any atom is -0.490 e. The van der Waals surface area contributed by atoms with Gasteiger partial charge in [-0.3, -0.25) is 5.10 Å². The first-order chi connectivity index (χ1) is 11.2. The van der Waals surface area contributed by atoms with Crippen LogP contribution >= 0.6 is 12.2 Å². The van der Waals surface area contributed by atoms with Gasteiger partial charge < -0.3 is 18.8 Å². The Hall–Kier alpha value is -2.02. The minimum atomic E-state index is 0.535. The number of rotatable bonds is 8. The first-order valence-corrected chi connectivity index (χ1v) is 8.28. The predicted octanol–water partition coefficient (Wildman–Crippen LogP) is 3.82. The lowest BCUT2D eigenvalue weighted by molar-refractivity contribution is 0.261. The summed E-state index contributed by atoms with van der Waals surface area (Å²) in [4.78, 5) is 0. The van der Waals surface area contributed by atoms with E-state index in [0.29, 0.717) is 41.8 Å². The highest BCUT2D eigenvalue weighted by Gasteiger charge is 2.18. The number of aromatic amines is 1. The van der Waals surface area contributed by atoms with E-state index in [2.05, 4.69) is 10.2 Å². The average Bonchev–Trinajstić information content (AvgIpc) is 2.91. The number of hydrogen-bond acceptors (Lipinski definition) is 5. The molecule has 6 nitrogen and oxygen atoms in total. The number of benzene rings is 1. The van der Waals surface area contributed by atoms with Gasteiger partial charge in [-0.05, 0) is 52.0 Å². The van der Waals surface area contributed by atoms with Crippen molar-refractivity contribution in [1.29, 1.82) is 0 Å². The summed E-state index contributed by atoms with van der Waals surface area (Å²) in [6.07, 6.45) is 0. The number of H-pyrrole nitrogens is 1. The molecule has 0 atom stereocenters. The number of ether oxygens (including phenoxy) is 3. The Kier molecular flexibility index (Phi) is 6.04. The largest absolute Gasteiger partial charge is 0.490 e. The molecular formula is C16H23N3O3S. The molecule has 126 valence electrons. The summed E-state index contributed by atoms with van der Waals surface area (Å²) >= 11 is 5.27. The first kappa shape index (κ1) is 17.3. The van der Waals surface area contributed by atoms with E-state index >= 15 is 0 Å². The molecule has 1 N–H and O–H groups in total. The normalized spacial score (nSPS) is 10.6. The van der Waals surface area contributed by atoms with E-state index in [-0.39, 0.29) is 0 Å². The maximum atomic E-state index is 5.74. The van der Waals surface area contributed by atoms with E-state index in [9.17, 15) is 0 Å². The predicted molar refractivity (Wildman–Crippen MR) is 92.0 cm³/mol. The van der Waals surface area contributed by atoms with Crippen LogP contribution in [0.3, 0.4) is 0 Å². The lowest BCUT2D eigenvalue weighted by atomic mass is 10.1. The molecule has 0 fully saturated rings. The van der Waals surface area contributed by atoms with Crippen LogP contribution in [0.25, 0.3) is 11.4 Å². The van der Waals surface area contributed by atoms with Crippen molar-refractivity contribution in [3.05, 3.63) is 16.9 Å². The Morgan fingerprint density at radius 2 is 1.57 bits per heavy atom. The molecule has 0 radical (unpaired) electrons. The van der Waals surface area contributed by atoms with Crippen LogP contribution in [0, 0.1) is 4.77 Å². The Morgan fingerprint density at radius 1 is 1.00 bits per heavy atom. The molecular weight excluding hydrogens is 314 g/mol. The second-order valence-electron chi connectivity index (χ2n) is 4.70. The van der Waals surface area contributed by atoms with Crippen LogP contribution in [0.1, 0.15) is 27.7 Å². The maximum Gasteiger partial charge on any atom is 0.203 e. The summed E-state index contributed by atoms with van der Waals surface area (Å²) in [5.41, 5.74) is 0.870. The molecule has 0 aliphatic heterocycles. The molecule has 7 heteroatoms. The van der Waals surface area contributed by atoms with Crippen LogP contribution in [-0.2, 0) is 6.54 Å². The quantitative estimate of drug-likeness (QED) is 0.742. The van der Waals surface area contributed by atoms with Crippen LogP contribution in [0.4, 0.5) is 0 Å². The van der Waals surface area contributed by atoms with E-state index in [1.165, 1.54) is 0 Å². The molecule has 0 bridgehead atoms. The van der Waals surface area contributed by atoms with Gasteiger partial charge in [0.15, 0.2) is 22.1 Å². The van der Waals surface area contributed by atoms with E-state index in [1.54, 1.807) is 0 Å². The van der Waals surface area contributed by atoms with Crippen molar-refractivity contribution in [3.63, 3.8) is 0 Å². The second-order valence-corrected chi connectivity index (χ2v) is 5.08. The van der Waals surface area contributed by atoms with Gasteiger partial charge in [0.2, 0.25) is 5.75 Å². The van der Waals surface area contributed by atoms with Crippen molar-refractivity contribution in [3.8, 4) is 28.6 Å². The van der Waals surface area contributed by atoms with Gasteiger partial charge in [0.1, 0.15) is 0 Å². The van der Waals surface area contributed by atoms with E-state index in [4.69, 9.17) is 26.4 Å². The molecule has 0 unspecified atom stereocenters. The molecule has 2 rings (SSSR count). The second kappa shape index (κ2) is 8.01. The SMILES string of the molecule is CCOc1cc(-c2n[nH]c(=S)n2CC)cc(OCC)c1OCC. The molecule has 0 spiro atoms. The lowest BCUT2D eigenvalue weighted by Gasteiger charge is -2.17. The molecule has 2 aromatic rings. The molecule has 0 amide bonds. The average molecular weight is 337 g/mol. The Bertz CT molecular complexity index is 682. The Morgan fingerprint density at radius 3 is 2.04 bits per heavy atom. The van der Waals surface area contributed by atoms with Gasteiger partial charge in [-0.1, -0.05) is 0 Å². The molecule has 0 saturated heterocycles. The van der Waals surface area contributed by atoms with Gasteiger partial charge in [0.25, 0.3) is 0 Å². The number of nitrogens with zero attached hydrogens (tertiary/aromatic N) is 2. The summed E-state index contributed by atoms with van der Waals surface area (Å²) < 4.78 is 19.7. The van der Waals surface area contributed by atoms with Crippen LogP contribution < -0.4 is 14.2 Å². The smallest absolute Gasteiger partial charge is 0.203 e. The van der Waals surface area contributed by atoms with Gasteiger partial charge in [0, 0.05) is 12.1 Å². The zero-order valence-corrected chi connectivity index (χ0v) is 14.8. The number of aromatic nitrogens is 3. The van der Waals surface area contributed by atoms with Gasteiger partial charge in [-0.25, -0.2) is 0 Å². The van der Waals surface area contributed by atoms with Crippen LogP contribution in [0.5, 0.6) is 17.2 Å². The van der Waals surface area contributed by atoms with E-state index in [0.717, 1.165) is 17.9 Å². The Labute approximate surface area is 141 Å². The minimum absolute atomic E-state index is 0.535. The van der Waals surface area contributed by atoms with Crippen molar-refractivity contribution in [1.82, 2.24) is 14.8 Å². The third-order valence-electron chi connectivity index (χ3n) is 3.24. The number of hydrogen-bond donors (Lipinski definition) is 1. The zero-order chi connectivity index (χ0) is 16.8. The standard InChI is InChI=1S/C16H23N3O3S/c1-5-19-15(17-18-16(19)23)11-9-12(20-6-2)14(22-8-4)13(10-11)21-7-3/h9-10H,5-8H2,1-4H3,(H,18,23). The molecule has 1 aromatic heterocycles. The summed E-state index contributed by atoms with van der Waals surface area (Å²) in [7, 11) is 0. The molecule has 1 aromatic carbocycles. The monoisotopic (exact) mass is 337 g/mol. The van der Waals surface area contributed by atoms with Crippen molar-refractivity contribution in [2.24, 2.45) is 0 Å². The third kappa shape index (κ3) is 3.67.